The highest BCUT2D eigenvalue weighted by Gasteiger charge is 1.99. The van der Waals surface area contributed by atoms with Crippen LogP contribution in [0.2, 0.25) is 0 Å². The summed E-state index contributed by atoms with van der Waals surface area (Å²) in [5.41, 5.74) is 0. The lowest BCUT2D eigenvalue weighted by Gasteiger charge is -2.02. The van der Waals surface area contributed by atoms with Gasteiger partial charge >= 0.3 is 0 Å². The summed E-state index contributed by atoms with van der Waals surface area (Å²) in [6.07, 6.45) is 1.39. The van der Waals surface area contributed by atoms with Crippen molar-refractivity contribution in [1.29, 1.82) is 0 Å². The average molecular weight is 186 g/mol. The minimum absolute atomic E-state index is 0.0824. The summed E-state index contributed by atoms with van der Waals surface area (Å²) in [7, 11) is 0. The van der Waals surface area contributed by atoms with Crippen molar-refractivity contribution in [1.82, 2.24) is 0 Å². The predicted molar refractivity (Wildman–Crippen MR) is 51.0 cm³/mol. The van der Waals surface area contributed by atoms with Gasteiger partial charge in [0.2, 0.25) is 0 Å². The summed E-state index contributed by atoms with van der Waals surface area (Å²) in [5.74, 6) is 5.03. The number of rotatable bonds is 5. The molecule has 0 aromatic heterocycles. The molecule has 0 heterocycles. The zero-order valence-electron chi connectivity index (χ0n) is 8.03. The van der Waals surface area contributed by atoms with Gasteiger partial charge in [-0.25, -0.2) is 0 Å². The van der Waals surface area contributed by atoms with Crippen LogP contribution in [0, 0.1) is 11.8 Å². The fraction of sp³-hybridized carbons (Fsp3) is 0.800. The maximum atomic E-state index is 9.25. The smallest absolute Gasteiger partial charge is 0.117 e. The Labute approximate surface area is 79.4 Å². The molecule has 0 aliphatic heterocycles. The summed E-state index contributed by atoms with van der Waals surface area (Å²) in [6, 6.07) is 0. The van der Waals surface area contributed by atoms with Crippen molar-refractivity contribution in [2.24, 2.45) is 0 Å². The molecular weight excluding hydrogens is 168 g/mol. The zero-order chi connectivity index (χ0) is 10.1. The van der Waals surface area contributed by atoms with E-state index >= 15 is 0 Å². The normalized spacial score (nSPS) is 14.5. The maximum Gasteiger partial charge on any atom is 0.117 e. The van der Waals surface area contributed by atoms with E-state index in [1.54, 1.807) is 0 Å². The molecular formula is C10H18O3. The molecule has 76 valence electrons. The highest BCUT2D eigenvalue weighted by atomic mass is 16.3. The summed E-state index contributed by atoms with van der Waals surface area (Å²) >= 11 is 0. The van der Waals surface area contributed by atoms with Gasteiger partial charge in [-0.2, -0.15) is 0 Å². The van der Waals surface area contributed by atoms with Crippen molar-refractivity contribution in [3.63, 3.8) is 0 Å². The number of hydrogen-bond acceptors (Lipinski definition) is 3. The van der Waals surface area contributed by atoms with Crippen molar-refractivity contribution in [2.45, 2.75) is 44.8 Å². The van der Waals surface area contributed by atoms with Gasteiger partial charge in [-0.1, -0.05) is 31.6 Å². The monoisotopic (exact) mass is 186 g/mol. The SMILES string of the molecule is CCCCC(O)C#CC(O)CCO. The standard InChI is InChI=1S/C10H18O3/c1-2-3-4-9(12)5-6-10(13)7-8-11/h9-13H,2-4,7-8H2,1H3. The van der Waals surface area contributed by atoms with E-state index in [0.717, 1.165) is 12.8 Å². The Morgan fingerprint density at radius 2 is 1.62 bits per heavy atom. The molecule has 0 aromatic rings. The molecule has 0 saturated heterocycles. The second kappa shape index (κ2) is 8.06. The first-order valence-electron chi connectivity index (χ1n) is 4.68. The Kier molecular flexibility index (Phi) is 7.71. The van der Waals surface area contributed by atoms with Gasteiger partial charge in [-0.15, -0.1) is 0 Å². The van der Waals surface area contributed by atoms with Gasteiger partial charge < -0.3 is 15.3 Å². The van der Waals surface area contributed by atoms with Crippen molar-refractivity contribution in [3.05, 3.63) is 0 Å². The van der Waals surface area contributed by atoms with E-state index in [-0.39, 0.29) is 13.0 Å². The van der Waals surface area contributed by atoms with Crippen LogP contribution in [0.15, 0.2) is 0 Å². The van der Waals surface area contributed by atoms with Crippen LogP contribution in [-0.4, -0.2) is 34.1 Å². The van der Waals surface area contributed by atoms with E-state index in [1.165, 1.54) is 0 Å². The first-order chi connectivity index (χ1) is 6.20. The van der Waals surface area contributed by atoms with Gasteiger partial charge in [-0.3, -0.25) is 0 Å². The Morgan fingerprint density at radius 3 is 2.08 bits per heavy atom. The van der Waals surface area contributed by atoms with Gasteiger partial charge in [0.1, 0.15) is 12.2 Å². The van der Waals surface area contributed by atoms with Gasteiger partial charge in [0.15, 0.2) is 0 Å². The molecule has 0 aliphatic carbocycles. The van der Waals surface area contributed by atoms with Crippen LogP contribution in [0.1, 0.15) is 32.6 Å². The number of hydrogen-bond donors (Lipinski definition) is 3. The van der Waals surface area contributed by atoms with E-state index in [1.807, 2.05) is 6.92 Å². The molecule has 2 atom stereocenters. The molecule has 0 bridgehead atoms. The van der Waals surface area contributed by atoms with E-state index in [4.69, 9.17) is 10.2 Å². The molecule has 0 radical (unpaired) electrons. The summed E-state index contributed by atoms with van der Waals surface area (Å²) in [6.45, 7) is 1.96. The molecule has 0 rings (SSSR count). The first-order valence-corrected chi connectivity index (χ1v) is 4.68. The third-order valence-electron chi connectivity index (χ3n) is 1.65. The van der Waals surface area contributed by atoms with E-state index in [0.29, 0.717) is 6.42 Å². The minimum atomic E-state index is -0.818. The van der Waals surface area contributed by atoms with Crippen molar-refractivity contribution in [2.75, 3.05) is 6.61 Å². The second-order valence-electron chi connectivity index (χ2n) is 2.97. The van der Waals surface area contributed by atoms with Crippen LogP contribution >= 0.6 is 0 Å². The quantitative estimate of drug-likeness (QED) is 0.541. The fourth-order valence-corrected chi connectivity index (χ4v) is 0.856. The molecule has 0 spiro atoms. The predicted octanol–water partition coefficient (Wildman–Crippen LogP) is 0.284. The second-order valence-corrected chi connectivity index (χ2v) is 2.97. The lowest BCUT2D eigenvalue weighted by atomic mass is 10.1. The highest BCUT2D eigenvalue weighted by molar-refractivity contribution is 5.08. The molecule has 13 heavy (non-hydrogen) atoms. The van der Waals surface area contributed by atoms with E-state index in [2.05, 4.69) is 11.8 Å². The van der Waals surface area contributed by atoms with Gasteiger partial charge in [0.05, 0.1) is 0 Å². The number of aliphatic hydroxyl groups excluding tert-OH is 3. The Balaban J connectivity index is 3.66. The molecule has 0 fully saturated rings. The van der Waals surface area contributed by atoms with Crippen molar-refractivity contribution in [3.8, 4) is 11.8 Å². The van der Waals surface area contributed by atoms with Gasteiger partial charge in [-0.05, 0) is 6.42 Å². The summed E-state index contributed by atoms with van der Waals surface area (Å²) in [4.78, 5) is 0. The third-order valence-corrected chi connectivity index (χ3v) is 1.65. The highest BCUT2D eigenvalue weighted by Crippen LogP contribution is 1.99. The summed E-state index contributed by atoms with van der Waals surface area (Å²) < 4.78 is 0. The van der Waals surface area contributed by atoms with Crippen molar-refractivity contribution < 1.29 is 15.3 Å². The van der Waals surface area contributed by atoms with E-state index < -0.39 is 12.2 Å². The van der Waals surface area contributed by atoms with Crippen LogP contribution in [0.4, 0.5) is 0 Å². The van der Waals surface area contributed by atoms with Crippen LogP contribution in [0.3, 0.4) is 0 Å². The van der Waals surface area contributed by atoms with Gasteiger partial charge in [0, 0.05) is 13.0 Å². The fourth-order valence-electron chi connectivity index (χ4n) is 0.856. The van der Waals surface area contributed by atoms with Crippen LogP contribution < -0.4 is 0 Å². The summed E-state index contributed by atoms with van der Waals surface area (Å²) in [5, 5.41) is 26.8. The Bertz CT molecular complexity index is 169. The lowest BCUT2D eigenvalue weighted by molar-refractivity contribution is 0.175. The number of unbranched alkanes of at least 4 members (excludes halogenated alkanes) is 1. The van der Waals surface area contributed by atoms with Crippen molar-refractivity contribution >= 4 is 0 Å². The lowest BCUT2D eigenvalue weighted by Crippen LogP contribution is -2.08. The van der Waals surface area contributed by atoms with E-state index in [9.17, 15) is 5.11 Å². The first kappa shape index (κ1) is 12.4. The molecule has 0 aliphatic rings. The molecule has 3 N–H and O–H groups in total. The topological polar surface area (TPSA) is 60.7 Å². The molecule has 2 unspecified atom stereocenters. The molecule has 0 saturated carbocycles. The number of aliphatic hydroxyl groups is 3. The minimum Gasteiger partial charge on any atom is -0.396 e. The molecule has 0 amide bonds. The van der Waals surface area contributed by atoms with Crippen LogP contribution in [0.25, 0.3) is 0 Å². The average Bonchev–Trinajstić information content (AvgIpc) is 2.12. The van der Waals surface area contributed by atoms with Crippen LogP contribution in [0.5, 0.6) is 0 Å². The Morgan fingerprint density at radius 1 is 1.08 bits per heavy atom. The Hall–Kier alpha value is -0.560. The molecule has 3 nitrogen and oxygen atoms in total. The zero-order valence-corrected chi connectivity index (χ0v) is 8.03. The van der Waals surface area contributed by atoms with Gasteiger partial charge in [0.25, 0.3) is 0 Å². The third kappa shape index (κ3) is 7.79. The largest absolute Gasteiger partial charge is 0.396 e. The molecule has 3 heteroatoms. The van der Waals surface area contributed by atoms with Crippen LogP contribution in [-0.2, 0) is 0 Å². The maximum absolute atomic E-state index is 9.25. The molecule has 0 aromatic carbocycles.